The second-order valence-corrected chi connectivity index (χ2v) is 7.31. The smallest absolute Gasteiger partial charge is 0.166 e. The predicted octanol–water partition coefficient (Wildman–Crippen LogP) is 6.68. The van der Waals surface area contributed by atoms with Crippen molar-refractivity contribution >= 4 is 5.57 Å². The molecule has 126 valence electrons. The van der Waals surface area contributed by atoms with Crippen LogP contribution in [0.4, 0.5) is 8.78 Å². The predicted molar refractivity (Wildman–Crippen MR) is 92.2 cm³/mol. The van der Waals surface area contributed by atoms with Gasteiger partial charge in [0.25, 0.3) is 0 Å². The van der Waals surface area contributed by atoms with Crippen molar-refractivity contribution in [2.24, 2.45) is 11.8 Å². The number of hydrogen-bond donors (Lipinski definition) is 0. The monoisotopic (exact) mass is 318 g/mol. The average Bonchev–Trinajstić information content (AvgIpc) is 3.11. The molecule has 1 saturated carbocycles. The van der Waals surface area contributed by atoms with Crippen molar-refractivity contribution < 1.29 is 8.78 Å². The first-order valence-electron chi connectivity index (χ1n) is 9.37. The molecule has 2 heteroatoms. The largest absolute Gasteiger partial charge is 0.203 e. The van der Waals surface area contributed by atoms with Gasteiger partial charge in [-0.05, 0) is 55.1 Å². The third-order valence-corrected chi connectivity index (χ3v) is 5.83. The quantitative estimate of drug-likeness (QED) is 0.568. The van der Waals surface area contributed by atoms with Crippen LogP contribution in [0.25, 0.3) is 5.57 Å². The molecule has 0 radical (unpaired) electrons. The van der Waals surface area contributed by atoms with E-state index in [1.165, 1.54) is 25.7 Å². The summed E-state index contributed by atoms with van der Waals surface area (Å²) >= 11 is 0. The summed E-state index contributed by atoms with van der Waals surface area (Å²) in [5, 5.41) is 0. The maximum Gasteiger partial charge on any atom is 0.166 e. The Morgan fingerprint density at radius 1 is 1.00 bits per heavy atom. The zero-order valence-electron chi connectivity index (χ0n) is 14.2. The van der Waals surface area contributed by atoms with Gasteiger partial charge < -0.3 is 0 Å². The number of allylic oxidation sites excluding steroid dienone is 2. The molecule has 0 spiro atoms. The molecule has 2 aliphatic carbocycles. The second kappa shape index (κ2) is 7.59. The molecule has 0 N–H and O–H groups in total. The zero-order chi connectivity index (χ0) is 16.2. The van der Waals surface area contributed by atoms with Crippen LogP contribution >= 0.6 is 0 Å². The Morgan fingerprint density at radius 3 is 2.43 bits per heavy atom. The summed E-state index contributed by atoms with van der Waals surface area (Å²) in [7, 11) is 0. The molecule has 0 heterocycles. The molecular formula is C21H28F2. The van der Waals surface area contributed by atoms with Crippen LogP contribution < -0.4 is 0 Å². The number of benzene rings is 1. The third-order valence-electron chi connectivity index (χ3n) is 5.83. The lowest BCUT2D eigenvalue weighted by molar-refractivity contribution is 0.317. The number of unbranched alkanes of at least 4 members (excludes halogenated alkanes) is 1. The molecule has 2 aliphatic rings. The lowest BCUT2D eigenvalue weighted by atomic mass is 9.78. The Labute approximate surface area is 139 Å². The number of aryl methyl sites for hydroxylation is 1. The van der Waals surface area contributed by atoms with Crippen molar-refractivity contribution in [3.63, 3.8) is 0 Å². The molecule has 1 atom stereocenters. The van der Waals surface area contributed by atoms with E-state index in [0.717, 1.165) is 49.5 Å². The van der Waals surface area contributed by atoms with Crippen LogP contribution in [-0.4, -0.2) is 0 Å². The third kappa shape index (κ3) is 3.67. The summed E-state index contributed by atoms with van der Waals surface area (Å²) in [6.45, 7) is 2.07. The minimum Gasteiger partial charge on any atom is -0.203 e. The van der Waals surface area contributed by atoms with Crippen LogP contribution in [0.3, 0.4) is 0 Å². The van der Waals surface area contributed by atoms with Crippen LogP contribution in [0.15, 0.2) is 18.2 Å². The molecule has 1 fully saturated rings. The van der Waals surface area contributed by atoms with E-state index in [4.69, 9.17) is 0 Å². The van der Waals surface area contributed by atoms with Gasteiger partial charge in [0, 0.05) is 5.56 Å². The summed E-state index contributed by atoms with van der Waals surface area (Å²) in [4.78, 5) is 0. The van der Waals surface area contributed by atoms with E-state index in [9.17, 15) is 8.78 Å². The highest BCUT2D eigenvalue weighted by molar-refractivity contribution is 5.67. The SMILES string of the molecule is CCCCc1ccc(C2=CCC(C3CCCC3)CC2)c(F)c1F. The van der Waals surface area contributed by atoms with Crippen molar-refractivity contribution in [1.82, 2.24) is 0 Å². The first-order chi connectivity index (χ1) is 11.2. The van der Waals surface area contributed by atoms with E-state index >= 15 is 0 Å². The molecule has 0 amide bonds. The van der Waals surface area contributed by atoms with Crippen LogP contribution in [-0.2, 0) is 6.42 Å². The van der Waals surface area contributed by atoms with Gasteiger partial charge in [0.1, 0.15) is 0 Å². The van der Waals surface area contributed by atoms with Crippen LogP contribution in [0, 0.1) is 23.5 Å². The summed E-state index contributed by atoms with van der Waals surface area (Å²) < 4.78 is 28.7. The lowest BCUT2D eigenvalue weighted by Crippen LogP contribution is -2.14. The molecule has 1 aromatic rings. The lowest BCUT2D eigenvalue weighted by Gasteiger charge is -2.27. The molecule has 23 heavy (non-hydrogen) atoms. The van der Waals surface area contributed by atoms with Crippen molar-refractivity contribution in [2.45, 2.75) is 71.1 Å². The molecular weight excluding hydrogens is 290 g/mol. The molecule has 0 saturated heterocycles. The summed E-state index contributed by atoms with van der Waals surface area (Å²) in [5.74, 6) is 0.364. The van der Waals surface area contributed by atoms with Crippen molar-refractivity contribution in [1.29, 1.82) is 0 Å². The number of hydrogen-bond acceptors (Lipinski definition) is 0. The van der Waals surface area contributed by atoms with Crippen molar-refractivity contribution in [2.75, 3.05) is 0 Å². The fourth-order valence-corrected chi connectivity index (χ4v) is 4.35. The molecule has 0 aliphatic heterocycles. The Hall–Kier alpha value is -1.18. The first-order valence-corrected chi connectivity index (χ1v) is 9.37. The zero-order valence-corrected chi connectivity index (χ0v) is 14.2. The fraction of sp³-hybridized carbons (Fsp3) is 0.619. The van der Waals surface area contributed by atoms with E-state index in [0.29, 0.717) is 17.5 Å². The van der Waals surface area contributed by atoms with Gasteiger partial charge in [-0.2, -0.15) is 0 Å². The highest BCUT2D eigenvalue weighted by Gasteiger charge is 2.27. The van der Waals surface area contributed by atoms with Gasteiger partial charge >= 0.3 is 0 Å². The van der Waals surface area contributed by atoms with E-state index in [2.05, 4.69) is 13.0 Å². The van der Waals surface area contributed by atoms with E-state index in [1.54, 1.807) is 12.1 Å². The Bertz CT molecular complexity index is 567. The van der Waals surface area contributed by atoms with Gasteiger partial charge in [0.2, 0.25) is 0 Å². The minimum absolute atomic E-state index is 0.493. The summed E-state index contributed by atoms with van der Waals surface area (Å²) in [6, 6.07) is 3.58. The minimum atomic E-state index is -0.635. The van der Waals surface area contributed by atoms with Crippen molar-refractivity contribution in [3.05, 3.63) is 41.0 Å². The van der Waals surface area contributed by atoms with Gasteiger partial charge in [-0.1, -0.05) is 57.2 Å². The maximum atomic E-state index is 14.5. The van der Waals surface area contributed by atoms with Gasteiger partial charge in [0.15, 0.2) is 11.6 Å². The van der Waals surface area contributed by atoms with E-state index < -0.39 is 11.6 Å². The molecule has 3 rings (SSSR count). The van der Waals surface area contributed by atoms with Gasteiger partial charge in [-0.15, -0.1) is 0 Å². The van der Waals surface area contributed by atoms with Gasteiger partial charge in [0.05, 0.1) is 0 Å². The molecule has 0 nitrogen and oxygen atoms in total. The maximum absolute atomic E-state index is 14.5. The summed E-state index contributed by atoms with van der Waals surface area (Å²) in [5.41, 5.74) is 2.03. The van der Waals surface area contributed by atoms with Crippen LogP contribution in [0.1, 0.15) is 75.8 Å². The second-order valence-electron chi connectivity index (χ2n) is 7.31. The Balaban J connectivity index is 1.73. The Kier molecular flexibility index (Phi) is 5.50. The molecule has 0 aromatic heterocycles. The topological polar surface area (TPSA) is 0 Å². The van der Waals surface area contributed by atoms with Crippen LogP contribution in [0.5, 0.6) is 0 Å². The van der Waals surface area contributed by atoms with Gasteiger partial charge in [-0.3, -0.25) is 0 Å². The van der Waals surface area contributed by atoms with E-state index in [1.807, 2.05) is 0 Å². The molecule has 1 aromatic carbocycles. The van der Waals surface area contributed by atoms with E-state index in [-0.39, 0.29) is 0 Å². The Morgan fingerprint density at radius 2 is 1.78 bits per heavy atom. The number of rotatable bonds is 5. The summed E-state index contributed by atoms with van der Waals surface area (Å²) in [6.07, 6.45) is 13.2. The molecule has 0 bridgehead atoms. The highest BCUT2D eigenvalue weighted by atomic mass is 19.2. The van der Waals surface area contributed by atoms with Crippen molar-refractivity contribution in [3.8, 4) is 0 Å². The number of halogens is 2. The standard InChI is InChI=1S/C21H28F2/c1-2-3-6-18-13-14-19(21(23)20(18)22)17-11-9-16(10-12-17)15-7-4-5-8-15/h11,13-16H,2-10,12H2,1H3. The fourth-order valence-electron chi connectivity index (χ4n) is 4.35. The normalized spacial score (nSPS) is 22.4. The van der Waals surface area contributed by atoms with Crippen LogP contribution in [0.2, 0.25) is 0 Å². The van der Waals surface area contributed by atoms with Gasteiger partial charge in [-0.25, -0.2) is 8.78 Å². The first kappa shape index (κ1) is 16.7. The highest BCUT2D eigenvalue weighted by Crippen LogP contribution is 2.41. The molecule has 1 unspecified atom stereocenters. The average molecular weight is 318 g/mol.